The van der Waals surface area contributed by atoms with E-state index >= 15 is 0 Å². The van der Waals surface area contributed by atoms with Gasteiger partial charge in [-0.1, -0.05) is 65.7 Å². The van der Waals surface area contributed by atoms with Gasteiger partial charge >= 0.3 is 0 Å². The average Bonchev–Trinajstić information content (AvgIpc) is 2.70. The Labute approximate surface area is 194 Å². The van der Waals surface area contributed by atoms with E-state index in [0.717, 1.165) is 16.7 Å². The zero-order valence-corrected chi connectivity index (χ0v) is 20.1. The number of carbonyl (C=O) groups is 1. The van der Waals surface area contributed by atoms with Crippen molar-refractivity contribution < 1.29 is 13.2 Å². The highest BCUT2D eigenvalue weighted by Crippen LogP contribution is 2.23. The van der Waals surface area contributed by atoms with Gasteiger partial charge in [0.05, 0.1) is 4.90 Å². The second-order valence-corrected chi connectivity index (χ2v) is 10.1. The number of sulfonamides is 1. The molecule has 0 spiro atoms. The van der Waals surface area contributed by atoms with Crippen molar-refractivity contribution in [1.29, 1.82) is 0 Å². The summed E-state index contributed by atoms with van der Waals surface area (Å²) in [6.07, 6.45) is 0.204. The Morgan fingerprint density at radius 1 is 0.906 bits per heavy atom. The van der Waals surface area contributed by atoms with Gasteiger partial charge in [-0.25, -0.2) is 8.42 Å². The molecule has 5 nitrogen and oxygen atoms in total. The van der Waals surface area contributed by atoms with Gasteiger partial charge in [-0.3, -0.25) is 4.79 Å². The molecule has 0 aliphatic carbocycles. The number of anilines is 1. The van der Waals surface area contributed by atoms with E-state index < -0.39 is 22.0 Å². The lowest BCUT2D eigenvalue weighted by molar-refractivity contribution is -0.117. The Bertz CT molecular complexity index is 1220. The minimum atomic E-state index is -3.95. The van der Waals surface area contributed by atoms with Gasteiger partial charge in [-0.2, -0.15) is 4.72 Å². The number of aryl methyl sites for hydroxylation is 4. The number of carbonyl (C=O) groups excluding carboxylic acids is 1. The fourth-order valence-electron chi connectivity index (χ4n) is 3.77. The van der Waals surface area contributed by atoms with Gasteiger partial charge in [0.15, 0.2) is 0 Å². The minimum absolute atomic E-state index is 0.201. The van der Waals surface area contributed by atoms with Crippen molar-refractivity contribution in [2.24, 2.45) is 0 Å². The van der Waals surface area contributed by atoms with Gasteiger partial charge in [0.1, 0.15) is 6.04 Å². The summed E-state index contributed by atoms with van der Waals surface area (Å²) in [5.41, 5.74) is 4.49. The topological polar surface area (TPSA) is 75.3 Å². The molecule has 0 aromatic heterocycles. The Kier molecular flexibility index (Phi) is 7.39. The highest BCUT2D eigenvalue weighted by molar-refractivity contribution is 7.89. The van der Waals surface area contributed by atoms with Crippen LogP contribution in [-0.4, -0.2) is 20.4 Å². The maximum absolute atomic E-state index is 13.3. The highest BCUT2D eigenvalue weighted by atomic mass is 35.5. The van der Waals surface area contributed by atoms with Crippen molar-refractivity contribution in [3.8, 4) is 0 Å². The smallest absolute Gasteiger partial charge is 0.242 e. The van der Waals surface area contributed by atoms with Gasteiger partial charge < -0.3 is 5.32 Å². The molecule has 1 unspecified atom stereocenters. The Balaban J connectivity index is 1.93. The quantitative estimate of drug-likeness (QED) is 0.504. The largest absolute Gasteiger partial charge is 0.325 e. The molecule has 1 amide bonds. The Morgan fingerprint density at radius 3 is 2.12 bits per heavy atom. The normalized spacial score (nSPS) is 12.4. The van der Waals surface area contributed by atoms with Crippen LogP contribution in [0, 0.1) is 27.7 Å². The van der Waals surface area contributed by atoms with E-state index in [0.29, 0.717) is 21.8 Å². The summed E-state index contributed by atoms with van der Waals surface area (Å²) in [6.45, 7) is 7.30. The highest BCUT2D eigenvalue weighted by Gasteiger charge is 2.28. The predicted octanol–water partition coefficient (Wildman–Crippen LogP) is 5.10. The molecule has 0 aliphatic rings. The molecule has 0 heterocycles. The summed E-state index contributed by atoms with van der Waals surface area (Å²) < 4.78 is 29.3. The number of hydrogen-bond acceptors (Lipinski definition) is 3. The maximum Gasteiger partial charge on any atom is 0.242 e. The van der Waals surface area contributed by atoms with E-state index in [1.54, 1.807) is 32.0 Å². The number of halogens is 1. The van der Waals surface area contributed by atoms with E-state index in [4.69, 9.17) is 11.6 Å². The first-order valence-electron chi connectivity index (χ1n) is 10.3. The van der Waals surface area contributed by atoms with Crippen LogP contribution in [0.25, 0.3) is 0 Å². The van der Waals surface area contributed by atoms with E-state index in [1.165, 1.54) is 0 Å². The van der Waals surface area contributed by atoms with E-state index in [2.05, 4.69) is 10.0 Å². The standard InChI is InChI=1S/C25H27ClN2O3S/c1-16-12-18(3)24(19(4)13-16)32(30,31)28-23(14-20-8-6-5-7-9-20)25(29)27-21-11-10-17(2)22(26)15-21/h5-13,15,23,28H,14H2,1-4H3,(H,27,29). The van der Waals surface area contributed by atoms with Gasteiger partial charge in [0.2, 0.25) is 15.9 Å². The van der Waals surface area contributed by atoms with Crippen LogP contribution in [0.15, 0.2) is 65.6 Å². The number of rotatable bonds is 7. The molecule has 0 bridgehead atoms. The van der Waals surface area contributed by atoms with Crippen molar-refractivity contribution in [2.45, 2.75) is 45.1 Å². The molecular formula is C25H27ClN2O3S. The first-order chi connectivity index (χ1) is 15.1. The Morgan fingerprint density at radius 2 is 1.53 bits per heavy atom. The molecule has 3 aromatic carbocycles. The van der Waals surface area contributed by atoms with Crippen molar-refractivity contribution in [2.75, 3.05) is 5.32 Å². The monoisotopic (exact) mass is 470 g/mol. The molecule has 0 saturated heterocycles. The van der Waals surface area contributed by atoms with Gasteiger partial charge in [0, 0.05) is 10.7 Å². The summed E-state index contributed by atoms with van der Waals surface area (Å²) in [5.74, 6) is -0.459. The van der Waals surface area contributed by atoms with E-state index in [-0.39, 0.29) is 11.3 Å². The van der Waals surface area contributed by atoms with Gasteiger partial charge in [0.25, 0.3) is 0 Å². The van der Waals surface area contributed by atoms with Crippen LogP contribution in [-0.2, 0) is 21.2 Å². The number of benzene rings is 3. The molecule has 0 fully saturated rings. The van der Waals surface area contributed by atoms with Crippen molar-refractivity contribution in [3.63, 3.8) is 0 Å². The van der Waals surface area contributed by atoms with E-state index in [9.17, 15) is 13.2 Å². The van der Waals surface area contributed by atoms with Crippen LogP contribution in [0.4, 0.5) is 5.69 Å². The summed E-state index contributed by atoms with van der Waals surface area (Å²) in [7, 11) is -3.95. The molecule has 1 atom stereocenters. The molecule has 3 aromatic rings. The molecule has 32 heavy (non-hydrogen) atoms. The third-order valence-electron chi connectivity index (χ3n) is 5.21. The number of amides is 1. The minimum Gasteiger partial charge on any atom is -0.325 e. The van der Waals surface area contributed by atoms with Crippen LogP contribution >= 0.6 is 11.6 Å². The third kappa shape index (κ3) is 5.76. The zero-order valence-electron chi connectivity index (χ0n) is 18.6. The molecule has 7 heteroatoms. The van der Waals surface area contributed by atoms with Crippen LogP contribution in [0.1, 0.15) is 27.8 Å². The molecule has 0 saturated carbocycles. The van der Waals surface area contributed by atoms with Crippen LogP contribution in [0.2, 0.25) is 5.02 Å². The lowest BCUT2D eigenvalue weighted by Gasteiger charge is -2.21. The zero-order chi connectivity index (χ0) is 23.5. The summed E-state index contributed by atoms with van der Waals surface area (Å²) in [4.78, 5) is 13.4. The van der Waals surface area contributed by atoms with Crippen molar-refractivity contribution >= 4 is 33.2 Å². The maximum atomic E-state index is 13.3. The lowest BCUT2D eigenvalue weighted by Crippen LogP contribution is -2.45. The number of nitrogens with one attached hydrogen (secondary N) is 2. The average molecular weight is 471 g/mol. The molecule has 168 valence electrons. The summed E-state index contributed by atoms with van der Waals surface area (Å²) in [6, 6.07) is 17.1. The van der Waals surface area contributed by atoms with Crippen LogP contribution < -0.4 is 10.0 Å². The second kappa shape index (κ2) is 9.86. The van der Waals surface area contributed by atoms with Crippen molar-refractivity contribution in [3.05, 3.63) is 93.5 Å². The summed E-state index contributed by atoms with van der Waals surface area (Å²) in [5, 5.41) is 3.31. The first kappa shape index (κ1) is 24.0. The lowest BCUT2D eigenvalue weighted by atomic mass is 10.1. The fraction of sp³-hybridized carbons (Fsp3) is 0.240. The molecule has 2 N–H and O–H groups in total. The molecule has 0 aliphatic heterocycles. The first-order valence-corrected chi connectivity index (χ1v) is 12.1. The SMILES string of the molecule is Cc1cc(C)c(S(=O)(=O)NC(Cc2ccccc2)C(=O)Nc2ccc(C)c(Cl)c2)c(C)c1. The molecule has 3 rings (SSSR count). The fourth-order valence-corrected chi connectivity index (χ4v) is 5.60. The van der Waals surface area contributed by atoms with Gasteiger partial charge in [-0.15, -0.1) is 0 Å². The molecule has 0 radical (unpaired) electrons. The van der Waals surface area contributed by atoms with E-state index in [1.807, 2.05) is 56.3 Å². The van der Waals surface area contributed by atoms with Gasteiger partial charge in [-0.05, 0) is 68.5 Å². The summed E-state index contributed by atoms with van der Waals surface area (Å²) >= 11 is 6.18. The Hall–Kier alpha value is -2.67. The predicted molar refractivity (Wildman–Crippen MR) is 130 cm³/mol. The third-order valence-corrected chi connectivity index (χ3v) is 7.39. The van der Waals surface area contributed by atoms with Crippen molar-refractivity contribution in [1.82, 2.24) is 4.72 Å². The van der Waals surface area contributed by atoms with Crippen LogP contribution in [0.3, 0.4) is 0 Å². The second-order valence-electron chi connectivity index (χ2n) is 8.04. The van der Waals surface area contributed by atoms with Crippen LogP contribution in [0.5, 0.6) is 0 Å². The number of hydrogen-bond donors (Lipinski definition) is 2. The molecular weight excluding hydrogens is 444 g/mol.